The lowest BCUT2D eigenvalue weighted by Gasteiger charge is -2.10. The summed E-state index contributed by atoms with van der Waals surface area (Å²) < 4.78 is 22.3. The molecule has 1 atom stereocenters. The van der Waals surface area contributed by atoms with Crippen LogP contribution < -0.4 is 10.1 Å². The summed E-state index contributed by atoms with van der Waals surface area (Å²) in [5.41, 5.74) is 1.70. The van der Waals surface area contributed by atoms with Crippen LogP contribution in [0.15, 0.2) is 59.2 Å². The van der Waals surface area contributed by atoms with Gasteiger partial charge in [0.2, 0.25) is 0 Å². The number of benzene rings is 2. The highest BCUT2D eigenvalue weighted by molar-refractivity contribution is 14.2. The topological polar surface area (TPSA) is 39.1 Å². The fraction of sp³-hybridized carbons (Fsp3) is 0.0625. The summed E-state index contributed by atoms with van der Waals surface area (Å²) in [5, 5.41) is 7.56. The number of rotatable bonds is 6. The van der Waals surface area contributed by atoms with Crippen LogP contribution >= 0.6 is 44.3 Å². The second-order valence-electron chi connectivity index (χ2n) is 4.89. The minimum absolute atomic E-state index is 0.207. The third kappa shape index (κ3) is 4.46. The fourth-order valence-electron chi connectivity index (χ4n) is 2.05. The van der Waals surface area contributed by atoms with Gasteiger partial charge in [-0.2, -0.15) is 5.10 Å². The highest BCUT2D eigenvalue weighted by Gasteiger charge is 2.08. The van der Waals surface area contributed by atoms with Crippen LogP contribution in [-0.4, -0.2) is 9.55 Å². The average molecular weight is 520 g/mol. The minimum atomic E-state index is -0.392. The maximum absolute atomic E-state index is 14.0. The normalized spacial score (nSPS) is 11.1. The summed E-state index contributed by atoms with van der Waals surface area (Å²) in [6, 6.07) is 16.2. The molecule has 1 unspecified atom stereocenters. The Hall–Kier alpha value is -1.18. The van der Waals surface area contributed by atoms with Gasteiger partial charge in [-0.15, -0.1) is 0 Å². The molecular formula is C16H13BrFIN3OP. The molecule has 2 aromatic carbocycles. The third-order valence-corrected chi connectivity index (χ3v) is 5.95. The minimum Gasteiger partial charge on any atom is -0.486 e. The van der Waals surface area contributed by atoms with E-state index in [0.717, 1.165) is 10.2 Å². The molecule has 0 aliphatic carbocycles. The lowest BCUT2D eigenvalue weighted by molar-refractivity contribution is 0.290. The molecule has 0 aliphatic rings. The van der Waals surface area contributed by atoms with E-state index in [9.17, 15) is 4.39 Å². The zero-order valence-corrected chi connectivity index (χ0v) is 17.1. The van der Waals surface area contributed by atoms with Crippen molar-refractivity contribution in [3.63, 3.8) is 0 Å². The predicted molar refractivity (Wildman–Crippen MR) is 108 cm³/mol. The lowest BCUT2D eigenvalue weighted by Crippen LogP contribution is -1.99. The summed E-state index contributed by atoms with van der Waals surface area (Å²) >= 11 is 5.70. The Morgan fingerprint density at radius 3 is 2.71 bits per heavy atom. The molecule has 0 bridgehead atoms. The molecule has 0 radical (unpaired) electrons. The van der Waals surface area contributed by atoms with Crippen molar-refractivity contribution in [1.82, 2.24) is 9.55 Å². The molecule has 24 heavy (non-hydrogen) atoms. The number of halogens is 3. The van der Waals surface area contributed by atoms with E-state index in [4.69, 9.17) is 4.74 Å². The van der Waals surface area contributed by atoms with E-state index in [2.05, 4.69) is 48.4 Å². The molecule has 3 rings (SSSR count). The van der Waals surface area contributed by atoms with E-state index in [1.165, 1.54) is 6.07 Å². The highest BCUT2D eigenvalue weighted by atomic mass is 127. The van der Waals surface area contributed by atoms with Gasteiger partial charge in [-0.1, -0.05) is 30.3 Å². The number of hydrogen-bond donors (Lipinski definition) is 1. The number of aromatic nitrogens is 2. The molecule has 0 fully saturated rings. The van der Waals surface area contributed by atoms with Gasteiger partial charge in [-0.3, -0.25) is 0 Å². The molecule has 1 heterocycles. The Morgan fingerprint density at radius 2 is 2.00 bits per heavy atom. The summed E-state index contributed by atoms with van der Waals surface area (Å²) in [7, 11) is 0. The van der Waals surface area contributed by atoms with Gasteiger partial charge in [-0.05, 0) is 55.7 Å². The SMILES string of the molecule is Fc1ccc(Nc2cc(Br)n(PI)n2)cc1OCc1ccccc1. The third-order valence-electron chi connectivity index (χ3n) is 3.19. The second kappa shape index (κ2) is 8.27. The van der Waals surface area contributed by atoms with Crippen molar-refractivity contribution in [3.8, 4) is 5.75 Å². The van der Waals surface area contributed by atoms with Crippen molar-refractivity contribution < 1.29 is 9.13 Å². The van der Waals surface area contributed by atoms with E-state index >= 15 is 0 Å². The number of nitrogens with one attached hydrogen (secondary N) is 1. The zero-order chi connectivity index (χ0) is 16.9. The molecule has 0 aliphatic heterocycles. The highest BCUT2D eigenvalue weighted by Crippen LogP contribution is 2.31. The largest absolute Gasteiger partial charge is 0.486 e. The van der Waals surface area contributed by atoms with Gasteiger partial charge in [0, 0.05) is 17.8 Å². The van der Waals surface area contributed by atoms with E-state index in [0.29, 0.717) is 24.5 Å². The number of hydrogen-bond acceptors (Lipinski definition) is 3. The molecule has 0 saturated carbocycles. The fourth-order valence-corrected chi connectivity index (χ4v) is 5.00. The van der Waals surface area contributed by atoms with Crippen molar-refractivity contribution in [2.24, 2.45) is 0 Å². The molecular weight excluding hydrogens is 507 g/mol. The summed E-state index contributed by atoms with van der Waals surface area (Å²) in [6.07, 6.45) is 0.494. The molecule has 0 amide bonds. The van der Waals surface area contributed by atoms with Crippen LogP contribution in [0.3, 0.4) is 0 Å². The second-order valence-corrected chi connectivity index (χ2v) is 7.75. The first-order chi connectivity index (χ1) is 11.7. The van der Waals surface area contributed by atoms with Gasteiger partial charge in [0.15, 0.2) is 17.4 Å². The quantitative estimate of drug-likeness (QED) is 0.325. The Kier molecular flexibility index (Phi) is 6.08. The van der Waals surface area contributed by atoms with Crippen LogP contribution in [0, 0.1) is 5.82 Å². The first kappa shape index (κ1) is 17.6. The van der Waals surface area contributed by atoms with Crippen molar-refractivity contribution in [2.75, 3.05) is 5.32 Å². The van der Waals surface area contributed by atoms with Crippen LogP contribution in [0.4, 0.5) is 15.9 Å². The van der Waals surface area contributed by atoms with Gasteiger partial charge in [0.1, 0.15) is 11.2 Å². The first-order valence-corrected chi connectivity index (χ1v) is 11.9. The summed E-state index contributed by atoms with van der Waals surface area (Å²) in [6.45, 7) is 0.317. The Morgan fingerprint density at radius 1 is 1.21 bits per heavy atom. The standard InChI is InChI=1S/C16H13BrFIN3OP/c17-15-9-16(21-22(15)24-19)20-12-6-7-13(18)14(8-12)23-10-11-4-2-1-3-5-11/h1-9,24H,10H2,(H,20,21). The maximum atomic E-state index is 14.0. The molecule has 0 spiro atoms. The molecule has 1 aromatic heterocycles. The van der Waals surface area contributed by atoms with Crippen LogP contribution in [0.1, 0.15) is 5.56 Å². The number of anilines is 2. The van der Waals surface area contributed by atoms with Crippen LogP contribution in [0.5, 0.6) is 5.75 Å². The van der Waals surface area contributed by atoms with Crippen molar-refractivity contribution in [1.29, 1.82) is 0 Å². The molecule has 124 valence electrons. The zero-order valence-electron chi connectivity index (χ0n) is 12.3. The number of ether oxygens (including phenoxy) is 1. The molecule has 4 nitrogen and oxygen atoms in total. The van der Waals surface area contributed by atoms with E-state index in [1.54, 1.807) is 12.1 Å². The number of nitrogens with zero attached hydrogens (tertiary/aromatic N) is 2. The van der Waals surface area contributed by atoms with Crippen LogP contribution in [-0.2, 0) is 6.61 Å². The Balaban J connectivity index is 1.73. The Labute approximate surface area is 162 Å². The molecule has 3 aromatic rings. The predicted octanol–water partition coefficient (Wildman–Crippen LogP) is 5.90. The van der Waals surface area contributed by atoms with Crippen molar-refractivity contribution in [3.05, 3.63) is 70.6 Å². The van der Waals surface area contributed by atoms with E-state index in [1.807, 2.05) is 40.9 Å². The maximum Gasteiger partial charge on any atom is 0.165 e. The van der Waals surface area contributed by atoms with Crippen LogP contribution in [0.25, 0.3) is 0 Å². The lowest BCUT2D eigenvalue weighted by atomic mass is 10.2. The van der Waals surface area contributed by atoms with Crippen molar-refractivity contribution in [2.45, 2.75) is 6.61 Å². The van der Waals surface area contributed by atoms with Crippen LogP contribution in [0.2, 0.25) is 0 Å². The summed E-state index contributed by atoms with van der Waals surface area (Å²) in [4.78, 5) is 0. The monoisotopic (exact) mass is 519 g/mol. The summed E-state index contributed by atoms with van der Waals surface area (Å²) in [5.74, 6) is 0.502. The first-order valence-electron chi connectivity index (χ1n) is 7.01. The van der Waals surface area contributed by atoms with Gasteiger partial charge in [0.05, 0.1) is 6.37 Å². The van der Waals surface area contributed by atoms with E-state index in [-0.39, 0.29) is 5.75 Å². The van der Waals surface area contributed by atoms with Gasteiger partial charge in [-0.25, -0.2) is 8.84 Å². The van der Waals surface area contributed by atoms with Crippen molar-refractivity contribution >= 4 is 55.9 Å². The van der Waals surface area contributed by atoms with Gasteiger partial charge >= 0.3 is 0 Å². The molecule has 8 heteroatoms. The molecule has 1 N–H and O–H groups in total. The average Bonchev–Trinajstić information content (AvgIpc) is 2.95. The van der Waals surface area contributed by atoms with Gasteiger partial charge in [0.25, 0.3) is 0 Å². The Bertz CT molecular complexity index is 831. The van der Waals surface area contributed by atoms with E-state index < -0.39 is 5.82 Å². The molecule has 0 saturated heterocycles. The van der Waals surface area contributed by atoms with Gasteiger partial charge < -0.3 is 10.1 Å². The smallest absolute Gasteiger partial charge is 0.165 e.